The molecule has 1 fully saturated rings. The molecule has 1 saturated heterocycles. The van der Waals surface area contributed by atoms with E-state index < -0.39 is 12.1 Å². The average molecular weight is 276 g/mol. The largest absolute Gasteiger partial charge is 0.479 e. The molecule has 3 unspecified atom stereocenters. The Balaban J connectivity index is 2.47. The Morgan fingerprint density at radius 3 is 2.78 bits per heavy atom. The van der Waals surface area contributed by atoms with Crippen molar-refractivity contribution in [1.82, 2.24) is 10.2 Å². The zero-order valence-electron chi connectivity index (χ0n) is 10.9. The van der Waals surface area contributed by atoms with E-state index in [9.17, 15) is 9.59 Å². The molecule has 104 valence electrons. The molecule has 1 rings (SSSR count). The summed E-state index contributed by atoms with van der Waals surface area (Å²) in [4.78, 5) is 24.4. The number of hydrogen-bond acceptors (Lipinski definition) is 4. The lowest BCUT2D eigenvalue weighted by Gasteiger charge is -2.37. The maximum absolute atomic E-state index is 12.0. The highest BCUT2D eigenvalue weighted by molar-refractivity contribution is 8.00. The first kappa shape index (κ1) is 15.1. The molecule has 3 atom stereocenters. The molecule has 2 N–H and O–H groups in total. The lowest BCUT2D eigenvalue weighted by atomic mass is 10.2. The summed E-state index contributed by atoms with van der Waals surface area (Å²) in [6.07, 6.45) is -0.999. The van der Waals surface area contributed by atoms with Crippen LogP contribution < -0.4 is 5.32 Å². The molecule has 7 heteroatoms. The first-order valence-electron chi connectivity index (χ1n) is 5.89. The average Bonchev–Trinajstić information content (AvgIpc) is 2.32. The predicted molar refractivity (Wildman–Crippen MR) is 69.9 cm³/mol. The van der Waals surface area contributed by atoms with Crippen molar-refractivity contribution in [2.24, 2.45) is 0 Å². The van der Waals surface area contributed by atoms with Crippen molar-refractivity contribution in [3.8, 4) is 0 Å². The third kappa shape index (κ3) is 3.78. The van der Waals surface area contributed by atoms with E-state index in [1.165, 1.54) is 7.11 Å². The third-order valence-electron chi connectivity index (χ3n) is 3.14. The quantitative estimate of drug-likeness (QED) is 0.787. The molecule has 6 nitrogen and oxygen atoms in total. The van der Waals surface area contributed by atoms with E-state index in [0.29, 0.717) is 11.8 Å². The molecule has 0 saturated carbocycles. The number of carboxylic acids is 1. The van der Waals surface area contributed by atoms with Gasteiger partial charge in [0.05, 0.1) is 6.54 Å². The fourth-order valence-corrected chi connectivity index (χ4v) is 2.87. The smallest absolute Gasteiger partial charge is 0.334 e. The second-order valence-electron chi connectivity index (χ2n) is 4.26. The molecule has 1 heterocycles. The minimum Gasteiger partial charge on any atom is -0.479 e. The van der Waals surface area contributed by atoms with Gasteiger partial charge in [-0.2, -0.15) is 11.8 Å². The van der Waals surface area contributed by atoms with E-state index >= 15 is 0 Å². The second kappa shape index (κ2) is 6.84. The van der Waals surface area contributed by atoms with E-state index in [1.807, 2.05) is 18.7 Å². The van der Waals surface area contributed by atoms with Crippen molar-refractivity contribution < 1.29 is 19.4 Å². The van der Waals surface area contributed by atoms with Crippen LogP contribution in [0.4, 0.5) is 4.79 Å². The summed E-state index contributed by atoms with van der Waals surface area (Å²) in [7, 11) is 1.31. The van der Waals surface area contributed by atoms with Gasteiger partial charge >= 0.3 is 12.0 Å². The Morgan fingerprint density at radius 1 is 1.56 bits per heavy atom. The molecule has 0 aromatic rings. The van der Waals surface area contributed by atoms with Crippen LogP contribution in [0.5, 0.6) is 0 Å². The number of carbonyl (C=O) groups is 2. The van der Waals surface area contributed by atoms with Crippen LogP contribution >= 0.6 is 11.8 Å². The fraction of sp³-hybridized carbons (Fsp3) is 0.818. The van der Waals surface area contributed by atoms with Gasteiger partial charge in [0.25, 0.3) is 0 Å². The summed E-state index contributed by atoms with van der Waals surface area (Å²) in [5, 5.41) is 11.8. The van der Waals surface area contributed by atoms with Crippen molar-refractivity contribution in [3.05, 3.63) is 0 Å². The summed E-state index contributed by atoms with van der Waals surface area (Å²) >= 11 is 1.84. The number of aliphatic carboxylic acids is 1. The molecular weight excluding hydrogens is 256 g/mol. The number of amides is 2. The monoisotopic (exact) mass is 276 g/mol. The van der Waals surface area contributed by atoms with E-state index in [4.69, 9.17) is 9.84 Å². The Hall–Kier alpha value is -0.950. The number of hydrogen-bond donors (Lipinski definition) is 2. The number of rotatable bonds is 4. The van der Waals surface area contributed by atoms with Crippen LogP contribution in [0.15, 0.2) is 0 Å². The van der Waals surface area contributed by atoms with E-state index in [0.717, 1.165) is 5.75 Å². The molecule has 2 amide bonds. The van der Waals surface area contributed by atoms with Gasteiger partial charge in [-0.05, 0) is 6.92 Å². The van der Waals surface area contributed by atoms with Gasteiger partial charge in [0.2, 0.25) is 0 Å². The molecule has 0 aromatic heterocycles. The van der Waals surface area contributed by atoms with Crippen molar-refractivity contribution in [2.45, 2.75) is 31.2 Å². The Morgan fingerprint density at radius 2 is 2.22 bits per heavy atom. The first-order valence-corrected chi connectivity index (χ1v) is 6.94. The van der Waals surface area contributed by atoms with Crippen molar-refractivity contribution in [3.63, 3.8) is 0 Å². The highest BCUT2D eigenvalue weighted by Gasteiger charge is 2.29. The Bertz CT molecular complexity index is 313. The number of ether oxygens (including phenoxy) is 1. The van der Waals surface area contributed by atoms with E-state index in [1.54, 1.807) is 4.90 Å². The molecule has 0 aliphatic carbocycles. The molecular formula is C11H20N2O4S. The van der Waals surface area contributed by atoms with Gasteiger partial charge in [0.15, 0.2) is 6.10 Å². The fourth-order valence-electron chi connectivity index (χ4n) is 1.77. The first-order chi connectivity index (χ1) is 8.47. The number of carboxylic acid groups (broad SMARTS) is 1. The van der Waals surface area contributed by atoms with Crippen molar-refractivity contribution >= 4 is 23.8 Å². The van der Waals surface area contributed by atoms with Gasteiger partial charge in [0.1, 0.15) is 0 Å². The number of urea groups is 1. The molecule has 1 aliphatic rings. The SMILES string of the molecule is COC(CNC(=O)N1CCSC(C)C1C)C(=O)O. The number of carbonyl (C=O) groups excluding carboxylic acids is 1. The van der Waals surface area contributed by atoms with E-state index in [2.05, 4.69) is 12.2 Å². The zero-order chi connectivity index (χ0) is 13.7. The van der Waals surface area contributed by atoms with Gasteiger partial charge < -0.3 is 20.1 Å². The Labute approximate surface area is 111 Å². The van der Waals surface area contributed by atoms with Crippen LogP contribution in [-0.2, 0) is 9.53 Å². The minimum absolute atomic E-state index is 0.0184. The maximum atomic E-state index is 12.0. The minimum atomic E-state index is -1.08. The second-order valence-corrected chi connectivity index (χ2v) is 5.74. The molecule has 0 spiro atoms. The summed E-state index contributed by atoms with van der Waals surface area (Å²) in [6, 6.07) is -0.0764. The van der Waals surface area contributed by atoms with E-state index in [-0.39, 0.29) is 18.6 Å². The number of methoxy groups -OCH3 is 1. The van der Waals surface area contributed by atoms with Crippen LogP contribution in [0.2, 0.25) is 0 Å². The highest BCUT2D eigenvalue weighted by Crippen LogP contribution is 2.23. The zero-order valence-corrected chi connectivity index (χ0v) is 11.7. The third-order valence-corrected chi connectivity index (χ3v) is 4.48. The van der Waals surface area contributed by atoms with Crippen molar-refractivity contribution in [1.29, 1.82) is 0 Å². The van der Waals surface area contributed by atoms with Gasteiger partial charge in [-0.1, -0.05) is 6.92 Å². The summed E-state index contributed by atoms with van der Waals surface area (Å²) in [5.74, 6) is -0.167. The summed E-state index contributed by atoms with van der Waals surface area (Å²) in [5.41, 5.74) is 0. The number of nitrogens with one attached hydrogen (secondary N) is 1. The number of nitrogens with zero attached hydrogens (tertiary/aromatic N) is 1. The van der Waals surface area contributed by atoms with Crippen LogP contribution in [-0.4, -0.2) is 65.4 Å². The normalized spacial score (nSPS) is 25.6. The van der Waals surface area contributed by atoms with Crippen LogP contribution in [0, 0.1) is 0 Å². The van der Waals surface area contributed by atoms with Gasteiger partial charge in [-0.15, -0.1) is 0 Å². The maximum Gasteiger partial charge on any atom is 0.334 e. The summed E-state index contributed by atoms with van der Waals surface area (Å²) < 4.78 is 4.76. The number of thioether (sulfide) groups is 1. The predicted octanol–water partition coefficient (Wildman–Crippen LogP) is 0.621. The van der Waals surface area contributed by atoms with Crippen LogP contribution in [0.1, 0.15) is 13.8 Å². The molecule has 0 radical (unpaired) electrons. The lowest BCUT2D eigenvalue weighted by Crippen LogP contribution is -2.53. The van der Waals surface area contributed by atoms with Gasteiger partial charge in [-0.25, -0.2) is 9.59 Å². The van der Waals surface area contributed by atoms with Gasteiger partial charge in [-0.3, -0.25) is 0 Å². The van der Waals surface area contributed by atoms with Gasteiger partial charge in [0, 0.05) is 30.7 Å². The standard InChI is InChI=1S/C11H20N2O4S/c1-7-8(2)18-5-4-13(7)11(16)12-6-9(17-3)10(14)15/h7-9H,4-6H2,1-3H3,(H,12,16)(H,14,15). The topological polar surface area (TPSA) is 78.9 Å². The van der Waals surface area contributed by atoms with Crippen molar-refractivity contribution in [2.75, 3.05) is 26.0 Å². The summed E-state index contributed by atoms with van der Waals surface area (Å²) in [6.45, 7) is 4.76. The van der Waals surface area contributed by atoms with Crippen LogP contribution in [0.25, 0.3) is 0 Å². The molecule has 18 heavy (non-hydrogen) atoms. The molecule has 1 aliphatic heterocycles. The molecule has 0 bridgehead atoms. The molecule has 0 aromatic carbocycles. The highest BCUT2D eigenvalue weighted by atomic mass is 32.2. The van der Waals surface area contributed by atoms with Crippen LogP contribution in [0.3, 0.4) is 0 Å². The Kier molecular flexibility index (Phi) is 5.74. The lowest BCUT2D eigenvalue weighted by molar-refractivity contribution is -0.148.